The van der Waals surface area contributed by atoms with Crippen LogP contribution in [0.15, 0.2) is 30.3 Å². The number of hydrogen-bond acceptors (Lipinski definition) is 4. The molecule has 1 fully saturated rings. The molecule has 1 aliphatic rings. The van der Waals surface area contributed by atoms with Crippen LogP contribution in [0.2, 0.25) is 0 Å². The second kappa shape index (κ2) is 6.42. The number of aliphatic hydroxyl groups is 1. The molecule has 1 amide bonds. The van der Waals surface area contributed by atoms with Crippen LogP contribution in [0.25, 0.3) is 10.9 Å². The van der Waals surface area contributed by atoms with Crippen molar-refractivity contribution >= 4 is 16.8 Å². The molecular weight excluding hydrogens is 280 g/mol. The SMILES string of the molecule is Cc1cc(C(=O)NCC(O)C2CCOC2)c2ccccc2n1. The molecular formula is C17H20N2O3. The number of pyridine rings is 1. The number of rotatable bonds is 4. The molecule has 1 saturated heterocycles. The number of benzene rings is 1. The van der Waals surface area contributed by atoms with Crippen molar-refractivity contribution in [3.8, 4) is 0 Å². The Kier molecular flexibility index (Phi) is 4.36. The number of nitrogens with zero attached hydrogens (tertiary/aromatic N) is 1. The van der Waals surface area contributed by atoms with Crippen LogP contribution in [0.1, 0.15) is 22.5 Å². The highest BCUT2D eigenvalue weighted by Crippen LogP contribution is 2.19. The van der Waals surface area contributed by atoms with Gasteiger partial charge >= 0.3 is 0 Å². The Balaban J connectivity index is 1.74. The monoisotopic (exact) mass is 300 g/mol. The number of amides is 1. The fourth-order valence-electron chi connectivity index (χ4n) is 2.81. The van der Waals surface area contributed by atoms with Gasteiger partial charge in [0.05, 0.1) is 23.8 Å². The third kappa shape index (κ3) is 3.10. The molecule has 0 radical (unpaired) electrons. The molecule has 0 aliphatic carbocycles. The molecule has 0 spiro atoms. The minimum atomic E-state index is -0.569. The lowest BCUT2D eigenvalue weighted by Gasteiger charge is -2.17. The van der Waals surface area contributed by atoms with E-state index in [0.29, 0.717) is 18.8 Å². The van der Waals surface area contributed by atoms with Crippen molar-refractivity contribution in [2.75, 3.05) is 19.8 Å². The molecule has 2 unspecified atom stereocenters. The quantitative estimate of drug-likeness (QED) is 0.901. The number of fused-ring (bicyclic) bond motifs is 1. The van der Waals surface area contributed by atoms with Crippen LogP contribution in [0.5, 0.6) is 0 Å². The maximum Gasteiger partial charge on any atom is 0.252 e. The maximum absolute atomic E-state index is 12.4. The number of carbonyl (C=O) groups is 1. The van der Waals surface area contributed by atoms with Gasteiger partial charge in [-0.05, 0) is 25.5 Å². The van der Waals surface area contributed by atoms with Crippen LogP contribution in [-0.4, -0.2) is 41.9 Å². The van der Waals surface area contributed by atoms with E-state index in [1.807, 2.05) is 31.2 Å². The number of aryl methyl sites for hydroxylation is 1. The normalized spacial score (nSPS) is 19.3. The predicted molar refractivity (Wildman–Crippen MR) is 83.7 cm³/mol. The fraction of sp³-hybridized carbons (Fsp3) is 0.412. The van der Waals surface area contributed by atoms with Gasteiger partial charge in [-0.1, -0.05) is 18.2 Å². The Morgan fingerprint density at radius 2 is 2.32 bits per heavy atom. The van der Waals surface area contributed by atoms with E-state index in [0.717, 1.165) is 23.0 Å². The van der Waals surface area contributed by atoms with Gasteiger partial charge in [0.1, 0.15) is 0 Å². The van der Waals surface area contributed by atoms with Crippen molar-refractivity contribution in [3.63, 3.8) is 0 Å². The molecule has 0 bridgehead atoms. The summed E-state index contributed by atoms with van der Waals surface area (Å²) in [5, 5.41) is 13.8. The number of aliphatic hydroxyl groups excluding tert-OH is 1. The zero-order valence-corrected chi connectivity index (χ0v) is 12.6. The number of para-hydroxylation sites is 1. The number of carbonyl (C=O) groups excluding carboxylic acids is 1. The maximum atomic E-state index is 12.4. The zero-order valence-electron chi connectivity index (χ0n) is 12.6. The summed E-state index contributed by atoms with van der Waals surface area (Å²) in [6, 6.07) is 9.35. The second-order valence-electron chi connectivity index (χ2n) is 5.73. The van der Waals surface area contributed by atoms with Crippen LogP contribution >= 0.6 is 0 Å². The molecule has 2 heterocycles. The first-order valence-electron chi connectivity index (χ1n) is 7.55. The molecule has 1 aromatic heterocycles. The average Bonchev–Trinajstić information content (AvgIpc) is 3.06. The lowest BCUT2D eigenvalue weighted by Crippen LogP contribution is -2.36. The van der Waals surface area contributed by atoms with Gasteiger partial charge in [-0.2, -0.15) is 0 Å². The highest BCUT2D eigenvalue weighted by atomic mass is 16.5. The van der Waals surface area contributed by atoms with Crippen LogP contribution < -0.4 is 5.32 Å². The van der Waals surface area contributed by atoms with Gasteiger partial charge in [0, 0.05) is 30.1 Å². The molecule has 2 N–H and O–H groups in total. The fourth-order valence-corrected chi connectivity index (χ4v) is 2.81. The van der Waals surface area contributed by atoms with E-state index in [1.54, 1.807) is 6.07 Å². The van der Waals surface area contributed by atoms with Gasteiger partial charge in [0.15, 0.2) is 0 Å². The first kappa shape index (κ1) is 14.9. The van der Waals surface area contributed by atoms with Crippen LogP contribution in [0.4, 0.5) is 0 Å². The van der Waals surface area contributed by atoms with Crippen molar-refractivity contribution in [1.82, 2.24) is 10.3 Å². The Morgan fingerprint density at radius 3 is 3.09 bits per heavy atom. The summed E-state index contributed by atoms with van der Waals surface area (Å²) in [7, 11) is 0. The van der Waals surface area contributed by atoms with Gasteiger partial charge in [-0.3, -0.25) is 9.78 Å². The van der Waals surface area contributed by atoms with Crippen molar-refractivity contribution in [1.29, 1.82) is 0 Å². The van der Waals surface area contributed by atoms with Crippen LogP contribution in [0.3, 0.4) is 0 Å². The van der Waals surface area contributed by atoms with E-state index in [1.165, 1.54) is 0 Å². The summed E-state index contributed by atoms with van der Waals surface area (Å²) in [5.74, 6) is -0.0733. The van der Waals surface area contributed by atoms with Crippen molar-refractivity contribution in [2.45, 2.75) is 19.4 Å². The summed E-state index contributed by atoms with van der Waals surface area (Å²) in [5.41, 5.74) is 2.20. The van der Waals surface area contributed by atoms with Crippen molar-refractivity contribution in [3.05, 3.63) is 41.6 Å². The zero-order chi connectivity index (χ0) is 15.5. The van der Waals surface area contributed by atoms with E-state index >= 15 is 0 Å². The Morgan fingerprint density at radius 1 is 1.50 bits per heavy atom. The lowest BCUT2D eigenvalue weighted by molar-refractivity contribution is 0.0782. The Labute approximate surface area is 129 Å². The largest absolute Gasteiger partial charge is 0.391 e. The van der Waals surface area contributed by atoms with Gasteiger partial charge < -0.3 is 15.2 Å². The molecule has 5 heteroatoms. The molecule has 5 nitrogen and oxygen atoms in total. The second-order valence-corrected chi connectivity index (χ2v) is 5.73. The summed E-state index contributed by atoms with van der Waals surface area (Å²) >= 11 is 0. The van der Waals surface area contributed by atoms with E-state index in [4.69, 9.17) is 4.74 Å². The molecule has 2 aromatic rings. The molecule has 22 heavy (non-hydrogen) atoms. The first-order valence-corrected chi connectivity index (χ1v) is 7.55. The molecule has 0 saturated carbocycles. The third-order valence-electron chi connectivity index (χ3n) is 4.07. The molecule has 1 aliphatic heterocycles. The number of nitrogens with one attached hydrogen (secondary N) is 1. The van der Waals surface area contributed by atoms with Crippen LogP contribution in [-0.2, 0) is 4.74 Å². The average molecular weight is 300 g/mol. The minimum Gasteiger partial charge on any atom is -0.391 e. The van der Waals surface area contributed by atoms with Gasteiger partial charge in [-0.15, -0.1) is 0 Å². The van der Waals surface area contributed by atoms with Gasteiger partial charge in [0.25, 0.3) is 5.91 Å². The van der Waals surface area contributed by atoms with E-state index in [9.17, 15) is 9.90 Å². The van der Waals surface area contributed by atoms with E-state index in [-0.39, 0.29) is 18.4 Å². The van der Waals surface area contributed by atoms with Gasteiger partial charge in [0.2, 0.25) is 0 Å². The van der Waals surface area contributed by atoms with E-state index < -0.39 is 6.10 Å². The predicted octanol–water partition coefficient (Wildman–Crippen LogP) is 1.67. The minimum absolute atomic E-state index is 0.108. The topological polar surface area (TPSA) is 71.5 Å². The Hall–Kier alpha value is -1.98. The summed E-state index contributed by atoms with van der Waals surface area (Å²) in [6.07, 6.45) is 0.273. The number of ether oxygens (including phenoxy) is 1. The summed E-state index contributed by atoms with van der Waals surface area (Å²) in [6.45, 7) is 3.36. The number of hydrogen-bond donors (Lipinski definition) is 2. The standard InChI is InChI=1S/C17H20N2O3/c1-11-8-14(13-4-2-3-5-15(13)19-11)17(21)18-9-16(20)12-6-7-22-10-12/h2-5,8,12,16,20H,6-7,9-10H2,1H3,(H,18,21). The molecule has 1 aromatic carbocycles. The summed E-state index contributed by atoms with van der Waals surface area (Å²) in [4.78, 5) is 16.9. The number of aromatic nitrogens is 1. The first-order chi connectivity index (χ1) is 10.6. The van der Waals surface area contributed by atoms with Crippen LogP contribution in [0, 0.1) is 12.8 Å². The highest BCUT2D eigenvalue weighted by molar-refractivity contribution is 6.06. The Bertz CT molecular complexity index is 681. The molecule has 2 atom stereocenters. The molecule has 3 rings (SSSR count). The van der Waals surface area contributed by atoms with Gasteiger partial charge in [-0.25, -0.2) is 0 Å². The molecule has 116 valence electrons. The highest BCUT2D eigenvalue weighted by Gasteiger charge is 2.24. The third-order valence-corrected chi connectivity index (χ3v) is 4.07. The smallest absolute Gasteiger partial charge is 0.252 e. The lowest BCUT2D eigenvalue weighted by atomic mass is 10.0. The van der Waals surface area contributed by atoms with E-state index in [2.05, 4.69) is 10.3 Å². The van der Waals surface area contributed by atoms with Crippen molar-refractivity contribution < 1.29 is 14.6 Å². The van der Waals surface area contributed by atoms with Crippen molar-refractivity contribution in [2.24, 2.45) is 5.92 Å². The summed E-state index contributed by atoms with van der Waals surface area (Å²) < 4.78 is 5.26.